The number of hydrogen-bond donors (Lipinski definition) is 1. The van der Waals surface area contributed by atoms with Crippen LogP contribution in [-0.2, 0) is 14.3 Å². The van der Waals surface area contributed by atoms with E-state index < -0.39 is 44.7 Å². The molecule has 1 fully saturated rings. The molecule has 0 unspecified atom stereocenters. The topological polar surface area (TPSA) is 98.5 Å². The van der Waals surface area contributed by atoms with E-state index in [1.54, 1.807) is 0 Å². The first kappa shape index (κ1) is 17.4. The number of carbonyl (C=O) groups excluding carboxylic acids is 2. The fraction of sp³-hybridized carbons (Fsp3) is 0.385. The van der Waals surface area contributed by atoms with Crippen molar-refractivity contribution < 1.29 is 23.6 Å². The molecule has 1 aromatic rings. The predicted molar refractivity (Wildman–Crippen MR) is 79.8 cm³/mol. The van der Waals surface area contributed by atoms with Crippen LogP contribution in [0.5, 0.6) is 0 Å². The minimum absolute atomic E-state index is 0.197. The molecule has 1 N–H and O–H groups in total. The number of benzene rings is 1. The summed E-state index contributed by atoms with van der Waals surface area (Å²) in [5.74, 6) is -2.46. The van der Waals surface area contributed by atoms with Gasteiger partial charge in [0.05, 0.1) is 10.6 Å². The van der Waals surface area contributed by atoms with Gasteiger partial charge in [-0.15, -0.1) is 23.2 Å². The summed E-state index contributed by atoms with van der Waals surface area (Å²) in [5.41, 5.74) is -1.87. The highest BCUT2D eigenvalue weighted by Crippen LogP contribution is 2.64. The van der Waals surface area contributed by atoms with Crippen molar-refractivity contribution in [2.45, 2.75) is 17.7 Å². The maximum Gasteiger partial charge on any atom is 0.315 e. The molecule has 10 heteroatoms. The van der Waals surface area contributed by atoms with Crippen LogP contribution in [0.2, 0.25) is 0 Å². The third kappa shape index (κ3) is 3.53. The lowest BCUT2D eigenvalue weighted by Gasteiger charge is -2.12. The molecule has 1 aliphatic rings. The van der Waals surface area contributed by atoms with Crippen molar-refractivity contribution in [1.82, 2.24) is 0 Å². The van der Waals surface area contributed by atoms with E-state index in [1.807, 2.05) is 0 Å². The molecule has 0 bridgehead atoms. The van der Waals surface area contributed by atoms with E-state index in [2.05, 4.69) is 5.32 Å². The minimum atomic E-state index is -1.23. The molecule has 0 aromatic heterocycles. The number of esters is 1. The SMILES string of the molecule is C[C@]1(C(=O)OCC(=O)Nc2cc([N+](=O)[O-])ccc2F)CC1(Cl)Cl. The lowest BCUT2D eigenvalue weighted by atomic mass is 10.1. The first-order chi connectivity index (χ1) is 10.6. The van der Waals surface area contributed by atoms with Gasteiger partial charge in [-0.25, -0.2) is 4.39 Å². The summed E-state index contributed by atoms with van der Waals surface area (Å²) in [7, 11) is 0. The first-order valence-electron chi connectivity index (χ1n) is 6.36. The number of ether oxygens (including phenoxy) is 1. The molecule has 2 rings (SSSR count). The van der Waals surface area contributed by atoms with Crippen molar-refractivity contribution >= 4 is 46.5 Å². The molecule has 1 aliphatic carbocycles. The Hall–Kier alpha value is -1.93. The summed E-state index contributed by atoms with van der Waals surface area (Å²) in [5, 5.41) is 12.7. The van der Waals surface area contributed by atoms with Gasteiger partial charge >= 0.3 is 5.97 Å². The van der Waals surface area contributed by atoms with E-state index in [-0.39, 0.29) is 12.1 Å². The number of nitrogens with one attached hydrogen (secondary N) is 1. The van der Waals surface area contributed by atoms with Gasteiger partial charge in [0.1, 0.15) is 15.6 Å². The zero-order valence-corrected chi connectivity index (χ0v) is 13.3. The fourth-order valence-electron chi connectivity index (χ4n) is 1.82. The molecular formula is C13H11Cl2FN2O5. The van der Waals surface area contributed by atoms with E-state index in [4.69, 9.17) is 27.9 Å². The van der Waals surface area contributed by atoms with Crippen LogP contribution in [0.1, 0.15) is 13.3 Å². The van der Waals surface area contributed by atoms with Crippen LogP contribution in [0.3, 0.4) is 0 Å². The largest absolute Gasteiger partial charge is 0.455 e. The lowest BCUT2D eigenvalue weighted by Crippen LogP contribution is -2.27. The van der Waals surface area contributed by atoms with E-state index >= 15 is 0 Å². The normalized spacial score (nSPS) is 21.4. The molecule has 0 aliphatic heterocycles. The van der Waals surface area contributed by atoms with E-state index in [0.717, 1.165) is 18.2 Å². The average Bonchev–Trinajstić information content (AvgIpc) is 2.98. The summed E-state index contributed by atoms with van der Waals surface area (Å²) >= 11 is 11.6. The number of hydrogen-bond acceptors (Lipinski definition) is 5. The first-order valence-corrected chi connectivity index (χ1v) is 7.11. The fourth-order valence-corrected chi connectivity index (χ4v) is 2.51. The third-order valence-electron chi connectivity index (χ3n) is 3.48. The van der Waals surface area contributed by atoms with Gasteiger partial charge in [-0.3, -0.25) is 19.7 Å². The Bertz CT molecular complexity index is 697. The molecule has 0 saturated heterocycles. The second kappa shape index (κ2) is 5.93. The van der Waals surface area contributed by atoms with E-state index in [1.165, 1.54) is 6.92 Å². The Labute approximate surface area is 139 Å². The molecule has 7 nitrogen and oxygen atoms in total. The number of alkyl halides is 2. The van der Waals surface area contributed by atoms with Crippen LogP contribution in [0, 0.1) is 21.3 Å². The van der Waals surface area contributed by atoms with E-state index in [0.29, 0.717) is 0 Å². The lowest BCUT2D eigenvalue weighted by molar-refractivity contribution is -0.384. The minimum Gasteiger partial charge on any atom is -0.455 e. The monoisotopic (exact) mass is 364 g/mol. The molecular weight excluding hydrogens is 354 g/mol. The molecule has 1 aromatic carbocycles. The molecule has 124 valence electrons. The van der Waals surface area contributed by atoms with Gasteiger partial charge in [0, 0.05) is 18.6 Å². The third-order valence-corrected chi connectivity index (χ3v) is 4.58. The highest BCUT2D eigenvalue weighted by atomic mass is 35.5. The number of anilines is 1. The molecule has 0 radical (unpaired) electrons. The molecule has 1 saturated carbocycles. The maximum absolute atomic E-state index is 13.5. The van der Waals surface area contributed by atoms with Crippen LogP contribution in [0.4, 0.5) is 15.8 Å². The van der Waals surface area contributed by atoms with Gasteiger partial charge in [-0.2, -0.15) is 0 Å². The van der Waals surface area contributed by atoms with Crippen molar-refractivity contribution in [3.8, 4) is 0 Å². The van der Waals surface area contributed by atoms with Gasteiger partial charge < -0.3 is 10.1 Å². The number of nitro benzene ring substituents is 1. The zero-order valence-electron chi connectivity index (χ0n) is 11.8. The molecule has 0 heterocycles. The number of carbonyl (C=O) groups is 2. The van der Waals surface area contributed by atoms with Crippen molar-refractivity contribution in [3.05, 3.63) is 34.1 Å². The zero-order chi connectivity index (χ0) is 17.4. The second-order valence-electron chi connectivity index (χ2n) is 5.26. The summed E-state index contributed by atoms with van der Waals surface area (Å²) in [6, 6.07) is 2.67. The summed E-state index contributed by atoms with van der Waals surface area (Å²) < 4.78 is 17.1. The van der Waals surface area contributed by atoms with Crippen LogP contribution in [-0.4, -0.2) is 27.7 Å². The van der Waals surface area contributed by atoms with Crippen molar-refractivity contribution in [1.29, 1.82) is 0 Å². The van der Waals surface area contributed by atoms with Gasteiger partial charge in [0.25, 0.3) is 11.6 Å². The Morgan fingerprint density at radius 2 is 2.09 bits per heavy atom. The van der Waals surface area contributed by atoms with Crippen molar-refractivity contribution in [3.63, 3.8) is 0 Å². The average molecular weight is 365 g/mol. The Morgan fingerprint density at radius 3 is 2.61 bits per heavy atom. The molecule has 1 atom stereocenters. The van der Waals surface area contributed by atoms with Gasteiger partial charge in [0.2, 0.25) is 0 Å². The smallest absolute Gasteiger partial charge is 0.315 e. The van der Waals surface area contributed by atoms with Crippen LogP contribution in [0.25, 0.3) is 0 Å². The number of amides is 1. The van der Waals surface area contributed by atoms with Crippen LogP contribution < -0.4 is 5.32 Å². The Kier molecular flexibility index (Phi) is 4.50. The number of non-ortho nitro benzene ring substituents is 1. The van der Waals surface area contributed by atoms with Crippen LogP contribution in [0.15, 0.2) is 18.2 Å². The second-order valence-corrected chi connectivity index (χ2v) is 6.74. The summed E-state index contributed by atoms with van der Waals surface area (Å²) in [4.78, 5) is 33.3. The summed E-state index contributed by atoms with van der Waals surface area (Å²) in [6.07, 6.45) is 0.197. The highest BCUT2D eigenvalue weighted by Gasteiger charge is 2.69. The molecule has 0 spiro atoms. The standard InChI is InChI=1S/C13H11Cl2FN2O5/c1-12(6-13(12,14)15)11(20)23-5-10(19)17-9-4-7(18(21)22)2-3-8(9)16/h2-4H,5-6H2,1H3,(H,17,19)/t12-/m1/s1. The highest BCUT2D eigenvalue weighted by molar-refractivity contribution is 6.53. The van der Waals surface area contributed by atoms with Gasteiger partial charge in [-0.05, 0) is 13.0 Å². The van der Waals surface area contributed by atoms with Gasteiger partial charge in [0.15, 0.2) is 6.61 Å². The molecule has 23 heavy (non-hydrogen) atoms. The summed E-state index contributed by atoms with van der Waals surface area (Å²) in [6.45, 7) is 0.799. The number of halogens is 3. The van der Waals surface area contributed by atoms with Crippen LogP contribution >= 0.6 is 23.2 Å². The Morgan fingerprint density at radius 1 is 1.48 bits per heavy atom. The number of nitro groups is 1. The number of rotatable bonds is 5. The molecule has 1 amide bonds. The van der Waals surface area contributed by atoms with E-state index in [9.17, 15) is 24.1 Å². The van der Waals surface area contributed by atoms with Crippen molar-refractivity contribution in [2.75, 3.05) is 11.9 Å². The maximum atomic E-state index is 13.5. The number of nitrogens with zero attached hydrogens (tertiary/aromatic N) is 1. The Balaban J connectivity index is 1.94. The predicted octanol–water partition coefficient (Wildman–Crippen LogP) is 2.80. The van der Waals surface area contributed by atoms with Crippen molar-refractivity contribution in [2.24, 2.45) is 5.41 Å². The van der Waals surface area contributed by atoms with Gasteiger partial charge in [-0.1, -0.05) is 0 Å². The quantitative estimate of drug-likeness (QED) is 0.374.